The first-order valence-electron chi connectivity index (χ1n) is 9.15. The van der Waals surface area contributed by atoms with E-state index < -0.39 is 10.0 Å². The number of carbonyl (C=O) groups excluding carboxylic acids is 1. The SMILES string of the molecule is O=C(NCCc1c[nH]c2ccccc12)c1cc(S(=O)(=O)N2CCSCC2)c[nH]1. The number of sulfonamides is 1. The van der Waals surface area contributed by atoms with Gasteiger partial charge in [-0.25, -0.2) is 8.42 Å². The zero-order valence-corrected chi connectivity index (χ0v) is 16.9. The first-order valence-corrected chi connectivity index (χ1v) is 11.7. The van der Waals surface area contributed by atoms with Gasteiger partial charge in [0.05, 0.1) is 0 Å². The molecule has 3 N–H and O–H groups in total. The van der Waals surface area contributed by atoms with Crippen molar-refractivity contribution in [2.24, 2.45) is 0 Å². The van der Waals surface area contributed by atoms with Crippen LogP contribution in [0.1, 0.15) is 16.1 Å². The summed E-state index contributed by atoms with van der Waals surface area (Å²) >= 11 is 1.75. The molecule has 1 saturated heterocycles. The number of nitrogens with one attached hydrogen (secondary N) is 3. The molecule has 1 aliphatic rings. The molecule has 4 rings (SSSR count). The molecule has 1 aliphatic heterocycles. The molecular formula is C19H22N4O3S2. The number of hydrogen-bond acceptors (Lipinski definition) is 4. The van der Waals surface area contributed by atoms with Crippen LogP contribution in [0.2, 0.25) is 0 Å². The molecular weight excluding hydrogens is 396 g/mol. The van der Waals surface area contributed by atoms with Crippen molar-refractivity contribution < 1.29 is 13.2 Å². The molecule has 0 aliphatic carbocycles. The summed E-state index contributed by atoms with van der Waals surface area (Å²) in [5.74, 6) is 1.28. The molecule has 3 aromatic rings. The molecule has 0 spiro atoms. The molecule has 28 heavy (non-hydrogen) atoms. The maximum atomic E-state index is 12.7. The second-order valence-electron chi connectivity index (χ2n) is 6.63. The van der Waals surface area contributed by atoms with Crippen molar-refractivity contribution >= 4 is 38.6 Å². The largest absolute Gasteiger partial charge is 0.361 e. The monoisotopic (exact) mass is 418 g/mol. The van der Waals surface area contributed by atoms with E-state index >= 15 is 0 Å². The maximum absolute atomic E-state index is 12.7. The quantitative estimate of drug-likeness (QED) is 0.572. The minimum absolute atomic E-state index is 0.140. The van der Waals surface area contributed by atoms with Crippen LogP contribution in [0.3, 0.4) is 0 Å². The Kier molecular flexibility index (Phi) is 5.47. The molecule has 0 radical (unpaired) electrons. The summed E-state index contributed by atoms with van der Waals surface area (Å²) in [4.78, 5) is 18.5. The summed E-state index contributed by atoms with van der Waals surface area (Å²) in [7, 11) is -3.55. The van der Waals surface area contributed by atoms with E-state index in [0.29, 0.717) is 26.1 Å². The van der Waals surface area contributed by atoms with E-state index in [0.717, 1.165) is 28.0 Å². The summed E-state index contributed by atoms with van der Waals surface area (Å²) in [5.41, 5.74) is 2.46. The fraction of sp³-hybridized carbons (Fsp3) is 0.316. The van der Waals surface area contributed by atoms with Gasteiger partial charge in [0.15, 0.2) is 0 Å². The average Bonchev–Trinajstić information content (AvgIpc) is 3.37. The molecule has 0 atom stereocenters. The Labute approximate surface area is 167 Å². The predicted octanol–water partition coefficient (Wildman–Crippen LogP) is 2.21. The first kappa shape index (κ1) is 19.1. The third-order valence-corrected chi connectivity index (χ3v) is 7.68. The Bertz CT molecular complexity index is 1080. The van der Waals surface area contributed by atoms with E-state index in [1.54, 1.807) is 11.8 Å². The molecule has 0 bridgehead atoms. The molecule has 1 fully saturated rings. The first-order chi connectivity index (χ1) is 13.6. The lowest BCUT2D eigenvalue weighted by Gasteiger charge is -2.24. The number of nitrogens with zero attached hydrogens (tertiary/aromatic N) is 1. The van der Waals surface area contributed by atoms with Gasteiger partial charge in [0.1, 0.15) is 10.6 Å². The number of rotatable bonds is 6. The Balaban J connectivity index is 1.38. The van der Waals surface area contributed by atoms with Crippen molar-refractivity contribution in [1.29, 1.82) is 0 Å². The highest BCUT2D eigenvalue weighted by atomic mass is 32.2. The van der Waals surface area contributed by atoms with Crippen molar-refractivity contribution in [2.45, 2.75) is 11.3 Å². The summed E-state index contributed by atoms with van der Waals surface area (Å²) in [6.45, 7) is 1.47. The normalized spacial score (nSPS) is 15.7. The van der Waals surface area contributed by atoms with Crippen LogP contribution in [-0.2, 0) is 16.4 Å². The second kappa shape index (κ2) is 8.02. The summed E-state index contributed by atoms with van der Waals surface area (Å²) in [5, 5.41) is 3.99. The Morgan fingerprint density at radius 3 is 2.75 bits per heavy atom. The fourth-order valence-electron chi connectivity index (χ4n) is 3.33. The highest BCUT2D eigenvalue weighted by Crippen LogP contribution is 2.21. The van der Waals surface area contributed by atoms with Gasteiger partial charge in [0.2, 0.25) is 10.0 Å². The standard InChI is InChI=1S/C19H22N4O3S2/c24-19(20-6-5-14-12-21-17-4-2-1-3-16(14)17)18-11-15(13-22-18)28(25,26)23-7-9-27-10-8-23/h1-4,11-13,21-22H,5-10H2,(H,20,24). The van der Waals surface area contributed by atoms with Crippen LogP contribution in [-0.4, -0.2) is 59.7 Å². The number of thioether (sulfide) groups is 1. The lowest BCUT2D eigenvalue weighted by atomic mass is 10.1. The number of benzene rings is 1. The van der Waals surface area contributed by atoms with Crippen molar-refractivity contribution in [1.82, 2.24) is 19.6 Å². The third-order valence-electron chi connectivity index (χ3n) is 4.86. The van der Waals surface area contributed by atoms with Gasteiger partial charge in [-0.05, 0) is 24.1 Å². The fourth-order valence-corrected chi connectivity index (χ4v) is 5.91. The highest BCUT2D eigenvalue weighted by Gasteiger charge is 2.27. The van der Waals surface area contributed by atoms with Crippen LogP contribution >= 0.6 is 11.8 Å². The van der Waals surface area contributed by atoms with Gasteiger partial charge in [0, 0.05) is 54.4 Å². The van der Waals surface area contributed by atoms with Gasteiger partial charge in [-0.1, -0.05) is 18.2 Å². The molecule has 0 saturated carbocycles. The van der Waals surface area contributed by atoms with Crippen molar-refractivity contribution in [3.8, 4) is 0 Å². The third kappa shape index (κ3) is 3.82. The average molecular weight is 419 g/mol. The molecule has 7 nitrogen and oxygen atoms in total. The van der Waals surface area contributed by atoms with Gasteiger partial charge in [-0.2, -0.15) is 16.1 Å². The van der Waals surface area contributed by atoms with Crippen LogP contribution in [0.15, 0.2) is 47.6 Å². The summed E-state index contributed by atoms with van der Waals surface area (Å²) < 4.78 is 26.8. The van der Waals surface area contributed by atoms with Gasteiger partial charge in [0.25, 0.3) is 5.91 Å². The number of H-pyrrole nitrogens is 2. The lowest BCUT2D eigenvalue weighted by molar-refractivity contribution is 0.0949. The van der Waals surface area contributed by atoms with Crippen LogP contribution in [0, 0.1) is 0 Å². The number of para-hydroxylation sites is 1. The van der Waals surface area contributed by atoms with Gasteiger partial charge < -0.3 is 15.3 Å². The molecule has 3 heterocycles. The van der Waals surface area contributed by atoms with Crippen molar-refractivity contribution in [2.75, 3.05) is 31.1 Å². The molecule has 148 valence electrons. The number of carbonyl (C=O) groups is 1. The van der Waals surface area contributed by atoms with Crippen LogP contribution in [0.4, 0.5) is 0 Å². The van der Waals surface area contributed by atoms with E-state index in [9.17, 15) is 13.2 Å². The van der Waals surface area contributed by atoms with E-state index in [1.807, 2.05) is 30.5 Å². The zero-order valence-electron chi connectivity index (χ0n) is 15.3. The topological polar surface area (TPSA) is 98.1 Å². The molecule has 2 aromatic heterocycles. The zero-order chi connectivity index (χ0) is 19.6. The molecule has 1 aromatic carbocycles. The van der Waals surface area contributed by atoms with E-state index in [4.69, 9.17) is 0 Å². The number of hydrogen-bond donors (Lipinski definition) is 3. The smallest absolute Gasteiger partial charge is 0.267 e. The second-order valence-corrected chi connectivity index (χ2v) is 9.79. The lowest BCUT2D eigenvalue weighted by Crippen LogP contribution is -2.37. The van der Waals surface area contributed by atoms with Crippen LogP contribution in [0.25, 0.3) is 10.9 Å². The Morgan fingerprint density at radius 2 is 1.93 bits per heavy atom. The Morgan fingerprint density at radius 1 is 1.14 bits per heavy atom. The van der Waals surface area contributed by atoms with Crippen LogP contribution in [0.5, 0.6) is 0 Å². The predicted molar refractivity (Wildman–Crippen MR) is 111 cm³/mol. The molecule has 0 unspecified atom stereocenters. The Hall–Kier alpha value is -2.23. The number of aromatic nitrogens is 2. The number of fused-ring (bicyclic) bond motifs is 1. The summed E-state index contributed by atoms with van der Waals surface area (Å²) in [6.07, 6.45) is 4.03. The highest BCUT2D eigenvalue weighted by molar-refractivity contribution is 7.99. The van der Waals surface area contributed by atoms with Crippen LogP contribution < -0.4 is 5.32 Å². The van der Waals surface area contributed by atoms with Crippen molar-refractivity contribution in [3.05, 3.63) is 54.0 Å². The minimum atomic E-state index is -3.55. The van der Waals surface area contributed by atoms with E-state index in [2.05, 4.69) is 15.3 Å². The van der Waals surface area contributed by atoms with Gasteiger partial charge in [-0.3, -0.25) is 4.79 Å². The van der Waals surface area contributed by atoms with Crippen molar-refractivity contribution in [3.63, 3.8) is 0 Å². The maximum Gasteiger partial charge on any atom is 0.267 e. The van der Waals surface area contributed by atoms with E-state index in [-0.39, 0.29) is 16.5 Å². The summed E-state index contributed by atoms with van der Waals surface area (Å²) in [6, 6.07) is 9.44. The van der Waals surface area contributed by atoms with Gasteiger partial charge >= 0.3 is 0 Å². The molecule has 1 amide bonds. The minimum Gasteiger partial charge on any atom is -0.361 e. The number of aromatic amines is 2. The number of amides is 1. The van der Waals surface area contributed by atoms with Gasteiger partial charge in [-0.15, -0.1) is 0 Å². The molecule has 9 heteroatoms. The van der Waals surface area contributed by atoms with E-state index in [1.165, 1.54) is 16.6 Å².